The molecule has 2 N–H and O–H groups in total. The molecule has 1 fully saturated rings. The van der Waals surface area contributed by atoms with Crippen molar-refractivity contribution < 1.29 is 0 Å². The second kappa shape index (κ2) is 5.69. The van der Waals surface area contributed by atoms with Gasteiger partial charge in [0.1, 0.15) is 0 Å². The molecule has 0 bridgehead atoms. The van der Waals surface area contributed by atoms with Crippen LogP contribution in [0.15, 0.2) is 0 Å². The summed E-state index contributed by atoms with van der Waals surface area (Å²) >= 11 is 0. The van der Waals surface area contributed by atoms with Crippen molar-refractivity contribution in [2.75, 3.05) is 33.7 Å². The molecule has 0 aromatic carbocycles. The first kappa shape index (κ1) is 12.0. The Morgan fingerprint density at radius 2 is 2.21 bits per heavy atom. The lowest BCUT2D eigenvalue weighted by atomic mass is 10.2. The number of nitrogens with two attached hydrogens (primary N) is 1. The second-order valence-electron chi connectivity index (χ2n) is 4.71. The van der Waals surface area contributed by atoms with Crippen LogP contribution in [0.3, 0.4) is 0 Å². The van der Waals surface area contributed by atoms with E-state index in [1.165, 1.54) is 25.9 Å². The van der Waals surface area contributed by atoms with Gasteiger partial charge in [0.15, 0.2) is 0 Å². The van der Waals surface area contributed by atoms with Crippen molar-refractivity contribution in [2.45, 2.75) is 38.3 Å². The molecular formula is C11H25N3. The van der Waals surface area contributed by atoms with Crippen molar-refractivity contribution in [1.29, 1.82) is 0 Å². The van der Waals surface area contributed by atoms with Gasteiger partial charge in [0, 0.05) is 25.2 Å². The van der Waals surface area contributed by atoms with Crippen LogP contribution < -0.4 is 5.73 Å². The maximum atomic E-state index is 6.03. The number of hydrogen-bond acceptors (Lipinski definition) is 3. The lowest BCUT2D eigenvalue weighted by Crippen LogP contribution is -2.38. The predicted octanol–water partition coefficient (Wildman–Crippen LogP) is 0.750. The van der Waals surface area contributed by atoms with Crippen molar-refractivity contribution >= 4 is 0 Å². The van der Waals surface area contributed by atoms with Crippen molar-refractivity contribution in [3.05, 3.63) is 0 Å². The highest BCUT2D eigenvalue weighted by atomic mass is 15.2. The van der Waals surface area contributed by atoms with Crippen LogP contribution in [-0.2, 0) is 0 Å². The summed E-state index contributed by atoms with van der Waals surface area (Å²) in [7, 11) is 4.33. The van der Waals surface area contributed by atoms with Crippen LogP contribution >= 0.6 is 0 Å². The largest absolute Gasteiger partial charge is 0.327 e. The predicted molar refractivity (Wildman–Crippen MR) is 61.4 cm³/mol. The van der Waals surface area contributed by atoms with Crippen molar-refractivity contribution in [1.82, 2.24) is 9.80 Å². The van der Waals surface area contributed by atoms with E-state index >= 15 is 0 Å². The lowest BCUT2D eigenvalue weighted by molar-refractivity contribution is 0.257. The molecule has 1 rings (SSSR count). The summed E-state index contributed by atoms with van der Waals surface area (Å²) in [6, 6.07) is 1.12. The highest BCUT2D eigenvalue weighted by Gasteiger charge is 2.24. The number of likely N-dealkylation sites (tertiary alicyclic amines) is 1. The standard InChI is InChI=1S/C11H25N3/c1-4-5-10(12)8-14-7-6-11(9-14)13(2)3/h10-11H,4-9,12H2,1-3H3. The van der Waals surface area contributed by atoms with Gasteiger partial charge in [-0.1, -0.05) is 13.3 Å². The zero-order valence-electron chi connectivity index (χ0n) is 9.87. The van der Waals surface area contributed by atoms with Gasteiger partial charge in [-0.05, 0) is 33.5 Å². The minimum absolute atomic E-state index is 0.376. The molecule has 0 amide bonds. The number of hydrogen-bond donors (Lipinski definition) is 1. The Hall–Kier alpha value is -0.120. The van der Waals surface area contributed by atoms with Crippen LogP contribution in [0.1, 0.15) is 26.2 Å². The van der Waals surface area contributed by atoms with Crippen LogP contribution in [0.25, 0.3) is 0 Å². The van der Waals surface area contributed by atoms with Gasteiger partial charge in [-0.3, -0.25) is 0 Å². The van der Waals surface area contributed by atoms with E-state index in [1.807, 2.05) is 0 Å². The summed E-state index contributed by atoms with van der Waals surface area (Å²) in [6.45, 7) is 5.70. The van der Waals surface area contributed by atoms with E-state index in [1.54, 1.807) is 0 Å². The Morgan fingerprint density at radius 3 is 2.71 bits per heavy atom. The molecule has 0 aromatic heterocycles. The lowest BCUT2D eigenvalue weighted by Gasteiger charge is -2.22. The summed E-state index contributed by atoms with van der Waals surface area (Å²) in [5.74, 6) is 0. The highest BCUT2D eigenvalue weighted by molar-refractivity contribution is 4.82. The van der Waals surface area contributed by atoms with Crippen LogP contribution in [0, 0.1) is 0 Å². The third-order valence-corrected chi connectivity index (χ3v) is 3.13. The van der Waals surface area contributed by atoms with Crippen LogP contribution in [0.5, 0.6) is 0 Å². The number of nitrogens with zero attached hydrogens (tertiary/aromatic N) is 2. The smallest absolute Gasteiger partial charge is 0.0229 e. The molecule has 0 saturated carbocycles. The summed E-state index contributed by atoms with van der Waals surface area (Å²) < 4.78 is 0. The highest BCUT2D eigenvalue weighted by Crippen LogP contribution is 2.13. The molecule has 1 heterocycles. The SMILES string of the molecule is CCCC(N)CN1CCC(N(C)C)C1. The number of likely N-dealkylation sites (N-methyl/N-ethyl adjacent to an activating group) is 1. The van der Waals surface area contributed by atoms with E-state index < -0.39 is 0 Å². The van der Waals surface area contributed by atoms with Crippen molar-refractivity contribution in [2.24, 2.45) is 5.73 Å². The van der Waals surface area contributed by atoms with Gasteiger partial charge < -0.3 is 15.5 Å². The molecule has 2 unspecified atom stereocenters. The molecule has 0 spiro atoms. The first-order valence-electron chi connectivity index (χ1n) is 5.77. The Kier molecular flexibility index (Phi) is 4.85. The van der Waals surface area contributed by atoms with Gasteiger partial charge in [-0.15, -0.1) is 0 Å². The van der Waals surface area contributed by atoms with Gasteiger partial charge in [-0.25, -0.2) is 0 Å². The maximum Gasteiger partial charge on any atom is 0.0229 e. The molecule has 0 radical (unpaired) electrons. The summed E-state index contributed by atoms with van der Waals surface area (Å²) in [4.78, 5) is 4.83. The van der Waals surface area contributed by atoms with Crippen LogP contribution in [-0.4, -0.2) is 55.6 Å². The van der Waals surface area contributed by atoms with Gasteiger partial charge in [0.25, 0.3) is 0 Å². The Bertz CT molecular complexity index is 159. The van der Waals surface area contributed by atoms with E-state index in [-0.39, 0.29) is 0 Å². The van der Waals surface area contributed by atoms with E-state index in [2.05, 4.69) is 30.8 Å². The Labute approximate surface area is 88.2 Å². The Morgan fingerprint density at radius 1 is 1.50 bits per heavy atom. The van der Waals surface area contributed by atoms with Gasteiger partial charge in [0.05, 0.1) is 0 Å². The summed E-state index contributed by atoms with van der Waals surface area (Å²) in [5.41, 5.74) is 6.03. The van der Waals surface area contributed by atoms with E-state index in [0.717, 1.165) is 19.0 Å². The molecule has 1 aliphatic rings. The molecule has 3 heteroatoms. The maximum absolute atomic E-state index is 6.03. The molecule has 2 atom stereocenters. The molecule has 1 saturated heterocycles. The monoisotopic (exact) mass is 199 g/mol. The van der Waals surface area contributed by atoms with Gasteiger partial charge in [0.2, 0.25) is 0 Å². The summed E-state index contributed by atoms with van der Waals surface area (Å²) in [6.07, 6.45) is 3.65. The summed E-state index contributed by atoms with van der Waals surface area (Å²) in [5, 5.41) is 0. The fraction of sp³-hybridized carbons (Fsp3) is 1.00. The van der Waals surface area contributed by atoms with Crippen molar-refractivity contribution in [3.63, 3.8) is 0 Å². The van der Waals surface area contributed by atoms with Crippen molar-refractivity contribution in [3.8, 4) is 0 Å². The fourth-order valence-electron chi connectivity index (χ4n) is 2.19. The molecule has 3 nitrogen and oxygen atoms in total. The molecule has 14 heavy (non-hydrogen) atoms. The Balaban J connectivity index is 2.21. The quantitative estimate of drug-likeness (QED) is 0.709. The first-order chi connectivity index (χ1) is 6.63. The molecule has 84 valence electrons. The average Bonchev–Trinajstić information content (AvgIpc) is 2.53. The third-order valence-electron chi connectivity index (χ3n) is 3.13. The minimum atomic E-state index is 0.376. The fourth-order valence-corrected chi connectivity index (χ4v) is 2.19. The molecule has 0 aliphatic carbocycles. The van der Waals surface area contributed by atoms with Crippen LogP contribution in [0.2, 0.25) is 0 Å². The van der Waals surface area contributed by atoms with Gasteiger partial charge >= 0.3 is 0 Å². The van der Waals surface area contributed by atoms with E-state index in [9.17, 15) is 0 Å². The third kappa shape index (κ3) is 3.56. The zero-order chi connectivity index (χ0) is 10.6. The number of rotatable bonds is 5. The van der Waals surface area contributed by atoms with E-state index in [0.29, 0.717) is 6.04 Å². The normalized spacial score (nSPS) is 25.9. The molecule has 1 aliphatic heterocycles. The zero-order valence-corrected chi connectivity index (χ0v) is 9.87. The first-order valence-corrected chi connectivity index (χ1v) is 5.77. The second-order valence-corrected chi connectivity index (χ2v) is 4.71. The molecule has 0 aromatic rings. The average molecular weight is 199 g/mol. The van der Waals surface area contributed by atoms with Crippen LogP contribution in [0.4, 0.5) is 0 Å². The van der Waals surface area contributed by atoms with Gasteiger partial charge in [-0.2, -0.15) is 0 Å². The molecular weight excluding hydrogens is 174 g/mol. The topological polar surface area (TPSA) is 32.5 Å². The van der Waals surface area contributed by atoms with E-state index in [4.69, 9.17) is 5.73 Å². The minimum Gasteiger partial charge on any atom is -0.327 e.